The molecule has 36 heavy (non-hydrogen) atoms. The van der Waals surface area contributed by atoms with E-state index in [1.807, 2.05) is 0 Å². The Labute approximate surface area is 214 Å². The molecule has 0 aliphatic carbocycles. The van der Waals surface area contributed by atoms with Crippen molar-refractivity contribution in [1.82, 2.24) is 14.5 Å². The van der Waals surface area contributed by atoms with Gasteiger partial charge in [0.15, 0.2) is 0 Å². The van der Waals surface area contributed by atoms with Gasteiger partial charge in [-0.15, -0.1) is 0 Å². The fraction of sp³-hybridized carbons (Fsp3) is 0.440. The van der Waals surface area contributed by atoms with Crippen molar-refractivity contribution in [2.45, 2.75) is 55.5 Å². The molecule has 2 aliphatic rings. The minimum absolute atomic E-state index is 0.00502. The maximum absolute atomic E-state index is 13.7. The Hall–Kier alpha value is -2.56. The van der Waals surface area contributed by atoms with Gasteiger partial charge in [0.2, 0.25) is 15.9 Å². The van der Waals surface area contributed by atoms with Gasteiger partial charge in [-0.3, -0.25) is 9.59 Å². The molecule has 2 saturated heterocycles. The maximum Gasteiger partial charge on any atom is 0.253 e. The molecular weight excluding hydrogens is 512 g/mol. The summed E-state index contributed by atoms with van der Waals surface area (Å²) >= 11 is 5.94. The normalized spacial score (nSPS) is 20.6. The van der Waals surface area contributed by atoms with E-state index in [1.54, 1.807) is 24.3 Å². The number of piperidine rings is 1. The van der Waals surface area contributed by atoms with Crippen LogP contribution in [0.3, 0.4) is 0 Å². The van der Waals surface area contributed by atoms with E-state index in [9.17, 15) is 26.8 Å². The van der Waals surface area contributed by atoms with Crippen LogP contribution in [0.5, 0.6) is 0 Å². The van der Waals surface area contributed by atoms with Crippen LogP contribution in [-0.4, -0.2) is 61.0 Å². The molecule has 2 aromatic carbocycles. The second kappa shape index (κ2) is 10.8. The van der Waals surface area contributed by atoms with Gasteiger partial charge in [0, 0.05) is 49.6 Å². The first-order chi connectivity index (χ1) is 17.1. The van der Waals surface area contributed by atoms with Gasteiger partial charge in [0.05, 0.1) is 4.90 Å². The second-order valence-electron chi connectivity index (χ2n) is 9.16. The number of nitrogens with one attached hydrogen (secondary N) is 1. The minimum atomic E-state index is -4.10. The van der Waals surface area contributed by atoms with Gasteiger partial charge < -0.3 is 10.2 Å². The molecule has 0 bridgehead atoms. The first-order valence-corrected chi connectivity index (χ1v) is 13.7. The number of hydrogen-bond donors (Lipinski definition) is 1. The zero-order chi connectivity index (χ0) is 25.9. The molecule has 0 saturated carbocycles. The predicted molar refractivity (Wildman–Crippen MR) is 131 cm³/mol. The van der Waals surface area contributed by atoms with Crippen LogP contribution in [0.15, 0.2) is 53.4 Å². The van der Waals surface area contributed by atoms with Gasteiger partial charge in [0.25, 0.3) is 11.8 Å². The van der Waals surface area contributed by atoms with Crippen molar-refractivity contribution in [3.8, 4) is 0 Å². The molecule has 1 unspecified atom stereocenters. The number of likely N-dealkylation sites (tertiary alicyclic amines) is 1. The summed E-state index contributed by atoms with van der Waals surface area (Å²) < 4.78 is 55.6. The molecule has 2 aliphatic heterocycles. The first kappa shape index (κ1) is 26.5. The quantitative estimate of drug-likeness (QED) is 0.599. The zero-order valence-corrected chi connectivity index (χ0v) is 21.2. The van der Waals surface area contributed by atoms with Gasteiger partial charge in [-0.2, -0.15) is 4.31 Å². The van der Waals surface area contributed by atoms with Crippen LogP contribution in [0.4, 0.5) is 8.78 Å². The van der Waals surface area contributed by atoms with Crippen molar-refractivity contribution in [3.63, 3.8) is 0 Å². The van der Waals surface area contributed by atoms with Crippen molar-refractivity contribution in [2.24, 2.45) is 0 Å². The van der Waals surface area contributed by atoms with E-state index in [1.165, 1.54) is 33.5 Å². The van der Waals surface area contributed by atoms with Crippen LogP contribution in [0.2, 0.25) is 5.02 Å². The molecule has 2 aromatic rings. The van der Waals surface area contributed by atoms with Crippen molar-refractivity contribution in [2.75, 3.05) is 19.6 Å². The lowest BCUT2D eigenvalue weighted by Gasteiger charge is -2.32. The van der Waals surface area contributed by atoms with Gasteiger partial charge >= 0.3 is 0 Å². The Morgan fingerprint density at radius 1 is 1.11 bits per heavy atom. The third-order valence-corrected chi connectivity index (χ3v) is 8.69. The largest absolute Gasteiger partial charge is 0.355 e. The number of amides is 2. The van der Waals surface area contributed by atoms with Gasteiger partial charge in [-0.05, 0) is 61.2 Å². The number of benzene rings is 2. The Morgan fingerprint density at radius 2 is 1.81 bits per heavy atom. The zero-order valence-electron chi connectivity index (χ0n) is 19.6. The summed E-state index contributed by atoms with van der Waals surface area (Å²) in [5.74, 6) is -3.52. The van der Waals surface area contributed by atoms with Crippen LogP contribution in [-0.2, 0) is 21.4 Å². The number of carbonyl (C=O) groups is 2. The van der Waals surface area contributed by atoms with E-state index in [0.717, 1.165) is 6.42 Å². The molecule has 2 heterocycles. The molecule has 7 nitrogen and oxygen atoms in total. The van der Waals surface area contributed by atoms with Crippen molar-refractivity contribution in [3.05, 3.63) is 64.7 Å². The lowest BCUT2D eigenvalue weighted by atomic mass is 10.0. The third-order valence-electron chi connectivity index (χ3n) is 6.57. The van der Waals surface area contributed by atoms with E-state index >= 15 is 0 Å². The number of nitrogens with zero attached hydrogens (tertiary/aromatic N) is 2. The van der Waals surface area contributed by atoms with Crippen molar-refractivity contribution >= 4 is 33.4 Å². The summed E-state index contributed by atoms with van der Waals surface area (Å²) in [7, 11) is -4.10. The number of alkyl halides is 2. The maximum atomic E-state index is 13.7. The molecule has 0 spiro atoms. The monoisotopic (exact) mass is 539 g/mol. The number of halogens is 3. The number of sulfonamides is 1. The van der Waals surface area contributed by atoms with E-state index in [-0.39, 0.29) is 54.7 Å². The standard InChI is InChI=1S/C25H28ClF2N3O4S/c26-20-7-9-21(10-8-20)36(34,35)31(22-6-1-2-13-29-23(22)32)17-18-4-3-5-19(16-18)24(33)30-14-11-25(27,28)12-15-30/h3-5,7-10,16,22H,1-2,6,11-15,17H2,(H,29,32). The Balaban J connectivity index is 1.63. The van der Waals surface area contributed by atoms with E-state index in [4.69, 9.17) is 11.6 Å². The average molecular weight is 540 g/mol. The molecule has 4 rings (SSSR count). The molecule has 2 amide bonds. The summed E-state index contributed by atoms with van der Waals surface area (Å²) in [4.78, 5) is 27.2. The number of carbonyl (C=O) groups excluding carboxylic acids is 2. The van der Waals surface area contributed by atoms with Crippen molar-refractivity contribution in [1.29, 1.82) is 0 Å². The summed E-state index contributed by atoms with van der Waals surface area (Å²) in [6.07, 6.45) is 1.01. The molecular formula is C25H28ClF2N3O4S. The second-order valence-corrected chi connectivity index (χ2v) is 11.5. The molecule has 1 N–H and O–H groups in total. The molecule has 2 fully saturated rings. The predicted octanol–water partition coefficient (Wildman–Crippen LogP) is 4.07. The highest BCUT2D eigenvalue weighted by Gasteiger charge is 2.38. The lowest BCUT2D eigenvalue weighted by Crippen LogP contribution is -2.48. The van der Waals surface area contributed by atoms with Crippen LogP contribution < -0.4 is 5.32 Å². The summed E-state index contributed by atoms with van der Waals surface area (Å²) in [5.41, 5.74) is 0.796. The summed E-state index contributed by atoms with van der Waals surface area (Å²) in [6, 6.07) is 11.3. The highest BCUT2D eigenvalue weighted by atomic mass is 35.5. The van der Waals surface area contributed by atoms with Gasteiger partial charge in [0.1, 0.15) is 6.04 Å². The Kier molecular flexibility index (Phi) is 7.96. The fourth-order valence-corrected chi connectivity index (χ4v) is 6.24. The van der Waals surface area contributed by atoms with Gasteiger partial charge in [-0.1, -0.05) is 23.7 Å². The topological polar surface area (TPSA) is 86.8 Å². The third kappa shape index (κ3) is 6.04. The van der Waals surface area contributed by atoms with Gasteiger partial charge in [-0.25, -0.2) is 17.2 Å². The molecule has 194 valence electrons. The Morgan fingerprint density at radius 3 is 2.50 bits per heavy atom. The minimum Gasteiger partial charge on any atom is -0.355 e. The number of hydrogen-bond acceptors (Lipinski definition) is 4. The highest BCUT2D eigenvalue weighted by molar-refractivity contribution is 7.89. The van der Waals surface area contributed by atoms with Crippen LogP contribution in [0.1, 0.15) is 48.0 Å². The molecule has 1 atom stereocenters. The summed E-state index contributed by atoms with van der Waals surface area (Å²) in [6.45, 7) is 0.246. The fourth-order valence-electron chi connectivity index (χ4n) is 4.50. The van der Waals surface area contributed by atoms with E-state index in [0.29, 0.717) is 30.0 Å². The van der Waals surface area contributed by atoms with Crippen LogP contribution in [0.25, 0.3) is 0 Å². The highest BCUT2D eigenvalue weighted by Crippen LogP contribution is 2.29. The van der Waals surface area contributed by atoms with Crippen LogP contribution >= 0.6 is 11.6 Å². The SMILES string of the molecule is O=C1NCCCCC1N(Cc1cccc(C(=O)N2CCC(F)(F)CC2)c1)S(=O)(=O)c1ccc(Cl)cc1. The first-order valence-electron chi connectivity index (χ1n) is 11.9. The molecule has 0 aromatic heterocycles. The average Bonchev–Trinajstić information content (AvgIpc) is 3.06. The molecule has 0 radical (unpaired) electrons. The lowest BCUT2D eigenvalue weighted by molar-refractivity contribution is -0.124. The summed E-state index contributed by atoms with van der Waals surface area (Å²) in [5, 5.41) is 3.17. The van der Waals surface area contributed by atoms with E-state index in [2.05, 4.69) is 5.32 Å². The Bertz CT molecular complexity index is 1210. The smallest absolute Gasteiger partial charge is 0.253 e. The van der Waals surface area contributed by atoms with Crippen LogP contribution in [0, 0.1) is 0 Å². The molecule has 11 heteroatoms. The number of rotatable bonds is 6. The van der Waals surface area contributed by atoms with E-state index < -0.39 is 22.0 Å². The van der Waals surface area contributed by atoms with Crippen molar-refractivity contribution < 1.29 is 26.8 Å².